The highest BCUT2D eigenvalue weighted by Crippen LogP contribution is 2.17. The van der Waals surface area contributed by atoms with E-state index in [0.29, 0.717) is 11.6 Å². The second-order valence-corrected chi connectivity index (χ2v) is 4.62. The summed E-state index contributed by atoms with van der Waals surface area (Å²) in [5, 5.41) is 2.66. The van der Waals surface area contributed by atoms with E-state index in [9.17, 15) is 4.79 Å². The van der Waals surface area contributed by atoms with Crippen LogP contribution < -0.4 is 16.6 Å². The third-order valence-corrected chi connectivity index (χ3v) is 2.73. The number of amides is 1. The minimum Gasteiger partial charge on any atom is -0.307 e. The molecule has 0 atom stereocenters. The molecule has 0 aliphatic carbocycles. The van der Waals surface area contributed by atoms with E-state index in [-0.39, 0.29) is 5.69 Å². The van der Waals surface area contributed by atoms with Crippen molar-refractivity contribution in [1.29, 1.82) is 0 Å². The van der Waals surface area contributed by atoms with Crippen LogP contribution in [0.4, 0.5) is 11.6 Å². The molecule has 2 rings (SSSR count). The number of hydrazine groups is 1. The van der Waals surface area contributed by atoms with Gasteiger partial charge in [-0.05, 0) is 34.5 Å². The number of nitrogens with two attached hydrogens (primary N) is 1. The summed E-state index contributed by atoms with van der Waals surface area (Å²) in [4.78, 5) is 24.0. The van der Waals surface area contributed by atoms with Crippen LogP contribution in [-0.2, 0) is 0 Å². The molecule has 0 aromatic carbocycles. The van der Waals surface area contributed by atoms with Crippen LogP contribution in [-0.4, -0.2) is 20.9 Å². The van der Waals surface area contributed by atoms with Crippen LogP contribution in [0, 0.1) is 6.92 Å². The van der Waals surface area contributed by atoms with E-state index in [0.717, 1.165) is 10.0 Å². The highest BCUT2D eigenvalue weighted by Gasteiger charge is 2.11. The highest BCUT2D eigenvalue weighted by molar-refractivity contribution is 9.10. The fourth-order valence-corrected chi connectivity index (χ4v) is 1.83. The Balaban J connectivity index is 2.20. The van der Waals surface area contributed by atoms with Gasteiger partial charge in [0.2, 0.25) is 0 Å². The van der Waals surface area contributed by atoms with Crippen molar-refractivity contribution in [3.8, 4) is 0 Å². The van der Waals surface area contributed by atoms with Crippen molar-refractivity contribution in [2.24, 2.45) is 5.84 Å². The van der Waals surface area contributed by atoms with E-state index >= 15 is 0 Å². The Morgan fingerprint density at radius 1 is 1.37 bits per heavy atom. The molecule has 98 valence electrons. The molecule has 0 saturated heterocycles. The van der Waals surface area contributed by atoms with Crippen LogP contribution in [0.1, 0.15) is 16.1 Å². The molecule has 0 spiro atoms. The molecule has 2 aromatic heterocycles. The fourth-order valence-electron chi connectivity index (χ4n) is 1.39. The average molecular weight is 323 g/mol. The predicted molar refractivity (Wildman–Crippen MR) is 74.5 cm³/mol. The monoisotopic (exact) mass is 322 g/mol. The number of hydrogen-bond acceptors (Lipinski definition) is 6. The smallest absolute Gasteiger partial charge is 0.277 e. The molecule has 0 unspecified atom stereocenters. The number of nitrogens with zero attached hydrogens (tertiary/aromatic N) is 3. The summed E-state index contributed by atoms with van der Waals surface area (Å²) < 4.78 is 0.845. The van der Waals surface area contributed by atoms with Gasteiger partial charge in [0.15, 0.2) is 5.82 Å². The Labute approximate surface area is 117 Å². The zero-order valence-electron chi connectivity index (χ0n) is 10.0. The normalized spacial score (nSPS) is 10.1. The number of carbonyl (C=O) groups is 1. The molecule has 2 aromatic rings. The summed E-state index contributed by atoms with van der Waals surface area (Å²) in [7, 11) is 0. The fraction of sp³-hybridized carbons (Fsp3) is 0.0909. The zero-order chi connectivity index (χ0) is 13.8. The molecule has 1 amide bonds. The first-order valence-electron chi connectivity index (χ1n) is 5.32. The Morgan fingerprint density at radius 2 is 2.16 bits per heavy atom. The number of nitrogen functional groups attached to an aromatic ring is 1. The lowest BCUT2D eigenvalue weighted by atomic mass is 10.3. The van der Waals surface area contributed by atoms with Crippen LogP contribution in [0.3, 0.4) is 0 Å². The maximum Gasteiger partial charge on any atom is 0.277 e. The molecule has 7 nitrogen and oxygen atoms in total. The minimum absolute atomic E-state index is 0.152. The molecule has 0 bridgehead atoms. The van der Waals surface area contributed by atoms with Crippen molar-refractivity contribution in [2.75, 3.05) is 10.7 Å². The van der Waals surface area contributed by atoms with Crippen molar-refractivity contribution in [3.05, 3.63) is 40.4 Å². The summed E-state index contributed by atoms with van der Waals surface area (Å²) in [5.74, 6) is 5.60. The quantitative estimate of drug-likeness (QED) is 0.583. The van der Waals surface area contributed by atoms with Gasteiger partial charge in [0, 0.05) is 10.7 Å². The molecule has 8 heteroatoms. The molecule has 4 N–H and O–H groups in total. The molecule has 0 aliphatic heterocycles. The van der Waals surface area contributed by atoms with Crippen molar-refractivity contribution >= 4 is 33.5 Å². The van der Waals surface area contributed by atoms with Gasteiger partial charge in [0.25, 0.3) is 5.91 Å². The summed E-state index contributed by atoms with van der Waals surface area (Å²) >= 11 is 3.31. The van der Waals surface area contributed by atoms with Crippen molar-refractivity contribution in [1.82, 2.24) is 15.0 Å². The largest absolute Gasteiger partial charge is 0.307 e. The predicted octanol–water partition coefficient (Wildman–Crippen LogP) is 1.48. The maximum atomic E-state index is 12.0. The third kappa shape index (κ3) is 3.24. The Morgan fingerprint density at radius 3 is 2.84 bits per heavy atom. The van der Waals surface area contributed by atoms with Gasteiger partial charge in [-0.15, -0.1) is 0 Å². The SMILES string of the molecule is Cc1cc(Br)cnc1NC(=O)c1cncc(NN)n1. The van der Waals surface area contributed by atoms with Crippen LogP contribution in [0.25, 0.3) is 0 Å². The van der Waals surface area contributed by atoms with Crippen molar-refractivity contribution in [2.45, 2.75) is 6.92 Å². The van der Waals surface area contributed by atoms with Crippen LogP contribution >= 0.6 is 15.9 Å². The van der Waals surface area contributed by atoms with Crippen LogP contribution in [0.15, 0.2) is 29.1 Å². The number of pyridine rings is 1. The van der Waals surface area contributed by atoms with Gasteiger partial charge in [-0.25, -0.2) is 15.8 Å². The molecule has 0 saturated carbocycles. The first-order valence-corrected chi connectivity index (χ1v) is 6.11. The van der Waals surface area contributed by atoms with Crippen molar-refractivity contribution in [3.63, 3.8) is 0 Å². The second-order valence-electron chi connectivity index (χ2n) is 3.71. The molecular formula is C11H11BrN6O. The van der Waals surface area contributed by atoms with Gasteiger partial charge in [0.1, 0.15) is 11.5 Å². The number of rotatable bonds is 3. The number of aromatic nitrogens is 3. The summed E-state index contributed by atoms with van der Waals surface area (Å²) in [6.07, 6.45) is 4.37. The Kier molecular flexibility index (Phi) is 4.03. The van der Waals surface area contributed by atoms with Gasteiger partial charge in [-0.2, -0.15) is 0 Å². The first-order chi connectivity index (χ1) is 9.10. The molecule has 0 fully saturated rings. The summed E-state index contributed by atoms with van der Waals surface area (Å²) in [6.45, 7) is 1.84. The minimum atomic E-state index is -0.400. The lowest BCUT2D eigenvalue weighted by Gasteiger charge is -2.07. The molecule has 2 heterocycles. The van der Waals surface area contributed by atoms with Gasteiger partial charge in [0.05, 0.1) is 12.4 Å². The Bertz CT molecular complexity index is 618. The van der Waals surface area contributed by atoms with E-state index in [1.807, 2.05) is 13.0 Å². The third-order valence-electron chi connectivity index (χ3n) is 2.29. The van der Waals surface area contributed by atoms with Crippen LogP contribution in [0.2, 0.25) is 0 Å². The number of carbonyl (C=O) groups excluding carboxylic acids is 1. The van der Waals surface area contributed by atoms with Gasteiger partial charge in [-0.1, -0.05) is 0 Å². The van der Waals surface area contributed by atoms with Crippen molar-refractivity contribution < 1.29 is 4.79 Å². The molecule has 19 heavy (non-hydrogen) atoms. The second kappa shape index (κ2) is 5.72. The van der Waals surface area contributed by atoms with Gasteiger partial charge >= 0.3 is 0 Å². The van der Waals surface area contributed by atoms with Crippen LogP contribution in [0.5, 0.6) is 0 Å². The highest BCUT2D eigenvalue weighted by atomic mass is 79.9. The standard InChI is InChI=1S/C11H11BrN6O/c1-6-2-7(12)3-15-10(6)17-11(19)8-4-14-5-9(16-8)18-13/h2-5H,13H2,1H3,(H,16,18)(H,15,17,19). The number of halogens is 1. The number of aryl methyl sites for hydroxylation is 1. The van der Waals surface area contributed by atoms with E-state index in [1.165, 1.54) is 12.4 Å². The zero-order valence-corrected chi connectivity index (χ0v) is 11.6. The average Bonchev–Trinajstić information content (AvgIpc) is 2.42. The summed E-state index contributed by atoms with van der Waals surface area (Å²) in [6, 6.07) is 1.85. The number of anilines is 2. The topological polar surface area (TPSA) is 106 Å². The first kappa shape index (κ1) is 13.4. The van der Waals surface area contributed by atoms with E-state index in [1.54, 1.807) is 6.20 Å². The summed E-state index contributed by atoms with van der Waals surface area (Å²) in [5.41, 5.74) is 3.32. The number of hydrogen-bond donors (Lipinski definition) is 3. The molecule has 0 aliphatic rings. The lowest BCUT2D eigenvalue weighted by molar-refractivity contribution is 0.102. The number of nitrogens with one attached hydrogen (secondary N) is 2. The lowest BCUT2D eigenvalue weighted by Crippen LogP contribution is -2.17. The maximum absolute atomic E-state index is 12.0. The van der Waals surface area contributed by atoms with E-state index in [2.05, 4.69) is 41.6 Å². The van der Waals surface area contributed by atoms with Gasteiger partial charge in [-0.3, -0.25) is 9.78 Å². The molecule has 0 radical (unpaired) electrons. The molecular weight excluding hydrogens is 312 g/mol. The Hall–Kier alpha value is -2.06. The van der Waals surface area contributed by atoms with E-state index < -0.39 is 5.91 Å². The van der Waals surface area contributed by atoms with E-state index in [4.69, 9.17) is 5.84 Å². The van der Waals surface area contributed by atoms with Gasteiger partial charge < -0.3 is 10.7 Å².